The summed E-state index contributed by atoms with van der Waals surface area (Å²) in [7, 11) is 0. The van der Waals surface area contributed by atoms with Gasteiger partial charge in [0.15, 0.2) is 25.0 Å². The molecule has 1 spiro atoms. The number of carbonyl (C=O) groups excluding carboxylic acids is 1. The Bertz CT molecular complexity index is 1790. The zero-order valence-electron chi connectivity index (χ0n) is 38.4. The largest absolute Gasteiger partial charge is 0.432 e. The highest BCUT2D eigenvalue weighted by Crippen LogP contribution is 2.74. The number of aliphatic hydroxyl groups excluding tert-OH is 14. The van der Waals surface area contributed by atoms with E-state index in [2.05, 4.69) is 6.92 Å². The highest BCUT2D eigenvalue weighted by Gasteiger charge is 2.70. The molecule has 0 radical (unpaired) electrons. The zero-order chi connectivity index (χ0) is 49.4. The molecule has 0 aromatic carbocycles. The molecule has 23 heteroatoms. The number of fused-ring (bicyclic) bond motifs is 3. The van der Waals surface area contributed by atoms with Gasteiger partial charge in [0.05, 0.1) is 37.4 Å². The summed E-state index contributed by atoms with van der Waals surface area (Å²) in [6, 6.07) is 0. The minimum atomic E-state index is -1.90. The maximum absolute atomic E-state index is 14.8. The summed E-state index contributed by atoms with van der Waals surface area (Å²) in [5.41, 5.74) is -1.96. The summed E-state index contributed by atoms with van der Waals surface area (Å²) < 4.78 is 47.9. The first kappa shape index (κ1) is 52.7. The highest BCUT2D eigenvalue weighted by atomic mass is 16.8. The Morgan fingerprint density at radius 2 is 1.03 bits per heavy atom. The van der Waals surface area contributed by atoms with Gasteiger partial charge >= 0.3 is 5.97 Å². The topological polar surface area (TPSA) is 374 Å². The number of esters is 1. The van der Waals surface area contributed by atoms with Gasteiger partial charge in [-0.2, -0.15) is 0 Å². The van der Waals surface area contributed by atoms with Gasteiger partial charge in [-0.15, -0.1) is 0 Å². The van der Waals surface area contributed by atoms with E-state index in [9.17, 15) is 76.3 Å². The van der Waals surface area contributed by atoms with Gasteiger partial charge in [0.25, 0.3) is 0 Å². The zero-order valence-corrected chi connectivity index (χ0v) is 38.4. The molecule has 4 heterocycles. The number of aliphatic hydroxyl groups is 14. The number of rotatable bonds is 12. The molecule has 4 saturated carbocycles. The second-order valence-corrected chi connectivity index (χ2v) is 21.0. The van der Waals surface area contributed by atoms with E-state index in [0.717, 1.165) is 12.0 Å². The normalized spacial score (nSPS) is 54.5. The smallest absolute Gasteiger partial charge is 0.314 e. The molecule has 14 N–H and O–H groups in total. The summed E-state index contributed by atoms with van der Waals surface area (Å²) in [5, 5.41) is 147. The third kappa shape index (κ3) is 8.70. The first-order chi connectivity index (χ1) is 32.2. The number of carbonyl (C=O) groups is 1. The van der Waals surface area contributed by atoms with Crippen LogP contribution in [0.2, 0.25) is 0 Å². The molecule has 390 valence electrons. The van der Waals surface area contributed by atoms with Crippen LogP contribution in [-0.2, 0) is 42.7 Å². The van der Waals surface area contributed by atoms with Crippen molar-refractivity contribution in [2.75, 3.05) is 26.4 Å². The molecule has 8 rings (SSSR count). The molecule has 4 aliphatic heterocycles. The molecule has 21 unspecified atom stereocenters. The molecule has 8 aliphatic rings. The second-order valence-electron chi connectivity index (χ2n) is 21.0. The minimum Gasteiger partial charge on any atom is -0.432 e. The van der Waals surface area contributed by atoms with Crippen molar-refractivity contribution in [3.05, 3.63) is 11.6 Å². The van der Waals surface area contributed by atoms with Crippen molar-refractivity contribution in [3.63, 3.8) is 0 Å². The molecule has 2 bridgehead atoms. The van der Waals surface area contributed by atoms with E-state index < -0.39 is 172 Å². The van der Waals surface area contributed by atoms with E-state index in [4.69, 9.17) is 37.9 Å². The summed E-state index contributed by atoms with van der Waals surface area (Å²) in [5.74, 6) is -0.886. The van der Waals surface area contributed by atoms with E-state index in [0.29, 0.717) is 51.4 Å². The number of hydrogen-bond acceptors (Lipinski definition) is 23. The second kappa shape index (κ2) is 20.0. The summed E-state index contributed by atoms with van der Waals surface area (Å²) >= 11 is 0. The van der Waals surface area contributed by atoms with Crippen LogP contribution in [0.1, 0.15) is 78.6 Å². The fourth-order valence-corrected chi connectivity index (χ4v) is 13.8. The van der Waals surface area contributed by atoms with Gasteiger partial charge in [-0.25, -0.2) is 0 Å². The Labute approximate surface area is 392 Å². The molecule has 4 saturated heterocycles. The van der Waals surface area contributed by atoms with Crippen LogP contribution in [0.5, 0.6) is 0 Å². The van der Waals surface area contributed by atoms with Crippen LogP contribution in [0.25, 0.3) is 0 Å². The molecule has 0 amide bonds. The number of allylic oxidation sites excluding steroid dienone is 1. The van der Waals surface area contributed by atoms with Crippen LogP contribution >= 0.6 is 0 Å². The van der Waals surface area contributed by atoms with Gasteiger partial charge < -0.3 is 109 Å². The number of hydrogen-bond donors (Lipinski definition) is 14. The summed E-state index contributed by atoms with van der Waals surface area (Å²) in [6.07, 6.45) is -26.0. The molecular weight excluding hydrogens is 908 g/mol. The average Bonchev–Trinajstić information content (AvgIpc) is 3.55. The van der Waals surface area contributed by atoms with Crippen molar-refractivity contribution < 1.29 is 114 Å². The molecule has 0 aromatic rings. The van der Waals surface area contributed by atoms with Gasteiger partial charge in [0, 0.05) is 0 Å². The molecule has 8 fully saturated rings. The van der Waals surface area contributed by atoms with E-state index in [1.54, 1.807) is 0 Å². The van der Waals surface area contributed by atoms with Crippen molar-refractivity contribution in [2.45, 2.75) is 207 Å². The Balaban J connectivity index is 1.02. The summed E-state index contributed by atoms with van der Waals surface area (Å²) in [6.45, 7) is 2.94. The first-order valence-corrected chi connectivity index (χ1v) is 23.9. The number of ether oxygens (including phenoxy) is 8. The van der Waals surface area contributed by atoms with Gasteiger partial charge in [0.1, 0.15) is 91.6 Å². The van der Waals surface area contributed by atoms with Crippen LogP contribution in [0, 0.1) is 28.1 Å². The lowest BCUT2D eigenvalue weighted by Crippen LogP contribution is -2.66. The maximum Gasteiger partial charge on any atom is 0.314 e. The fraction of sp³-hybridized carbons (Fsp3) is 0.933. The lowest BCUT2D eigenvalue weighted by Gasteiger charge is -2.64. The quantitative estimate of drug-likeness (QED) is 0.0496. The molecule has 26 atom stereocenters. The van der Waals surface area contributed by atoms with E-state index >= 15 is 0 Å². The highest BCUT2D eigenvalue weighted by molar-refractivity contribution is 5.77. The van der Waals surface area contributed by atoms with Gasteiger partial charge in [0.2, 0.25) is 6.29 Å². The molecule has 4 aliphatic carbocycles. The lowest BCUT2D eigenvalue weighted by molar-refractivity contribution is -0.378. The van der Waals surface area contributed by atoms with E-state index in [1.165, 1.54) is 0 Å². The third-order valence-corrected chi connectivity index (χ3v) is 17.4. The van der Waals surface area contributed by atoms with Crippen molar-refractivity contribution in [1.29, 1.82) is 0 Å². The van der Waals surface area contributed by atoms with Crippen molar-refractivity contribution in [3.8, 4) is 0 Å². The van der Waals surface area contributed by atoms with Gasteiger partial charge in [-0.1, -0.05) is 19.4 Å². The third-order valence-electron chi connectivity index (χ3n) is 17.4. The average molecular weight is 981 g/mol. The van der Waals surface area contributed by atoms with Crippen molar-refractivity contribution in [2.24, 2.45) is 28.1 Å². The SMILES string of the molecule is C/C=C1\C[C@@]23CCC4[C@](C)(C(=O)OC5OC(CO)C(O)C(O)C5OC5OC(CO)C(O)C(O)C5O)CCC[C@@]4(C)[C@@H]2CC[C@]1(OC1OC(CO)C(O)C(O)C1OC1OC(CO)C(O)C(O)C1O)C3. The lowest BCUT2D eigenvalue weighted by atomic mass is 9.41. The van der Waals surface area contributed by atoms with Crippen molar-refractivity contribution in [1.82, 2.24) is 0 Å². The van der Waals surface area contributed by atoms with Gasteiger partial charge in [-0.3, -0.25) is 4.79 Å². The van der Waals surface area contributed by atoms with Crippen LogP contribution in [0.4, 0.5) is 0 Å². The molecule has 68 heavy (non-hydrogen) atoms. The Hall–Kier alpha value is -1.63. The molecule has 23 nitrogen and oxygen atoms in total. The van der Waals surface area contributed by atoms with Crippen LogP contribution in [0.3, 0.4) is 0 Å². The predicted molar refractivity (Wildman–Crippen MR) is 224 cm³/mol. The van der Waals surface area contributed by atoms with Crippen LogP contribution in [-0.4, -0.2) is 232 Å². The molecular formula is C45H72O23. The maximum atomic E-state index is 14.8. The Morgan fingerprint density at radius 3 is 1.53 bits per heavy atom. The molecule has 0 aromatic heterocycles. The fourth-order valence-electron chi connectivity index (χ4n) is 13.8. The Kier molecular flexibility index (Phi) is 15.5. The Morgan fingerprint density at radius 1 is 0.574 bits per heavy atom. The predicted octanol–water partition coefficient (Wildman–Crippen LogP) is -4.72. The van der Waals surface area contributed by atoms with E-state index in [1.807, 2.05) is 19.9 Å². The van der Waals surface area contributed by atoms with Crippen molar-refractivity contribution >= 4 is 5.97 Å². The summed E-state index contributed by atoms with van der Waals surface area (Å²) in [4.78, 5) is 14.8. The van der Waals surface area contributed by atoms with Crippen LogP contribution in [0.15, 0.2) is 11.6 Å². The van der Waals surface area contributed by atoms with E-state index in [-0.39, 0.29) is 17.3 Å². The standard InChI is InChI=1S/C45H72O23/c1-4-18-12-44-10-6-23-42(2,8-5-9-43(23,3)41(60)67-39-35(31(56)27(52)21(15-48)63-39)65-37-33(58)29(54)25(50)19(13-46)61-37)24(44)7-11-45(18,17-44)68-40-36(32(57)28(53)22(16-49)64-40)66-38-34(59)30(55)26(51)20(14-47)62-38/h4,19-40,46-59H,5-17H2,1-3H3/b18-4+/t19?,20?,21?,22?,23?,24-,25?,26?,27?,28?,29?,30?,31?,32?,33?,34?,35?,36?,37?,38?,39?,40?,42+,43+,44+,45-/m0/s1. The first-order valence-electron chi connectivity index (χ1n) is 23.9. The van der Waals surface area contributed by atoms with Crippen LogP contribution < -0.4 is 0 Å². The minimum absolute atomic E-state index is 0.0466. The van der Waals surface area contributed by atoms with Gasteiger partial charge in [-0.05, 0) is 93.5 Å². The monoisotopic (exact) mass is 980 g/mol.